The van der Waals surface area contributed by atoms with Crippen molar-refractivity contribution in [2.45, 2.75) is 191 Å². The maximum atomic E-state index is 17.9. The number of hydrogen-bond donors (Lipinski definition) is 0. The highest BCUT2D eigenvalue weighted by Gasteiger charge is 2.55. The van der Waals surface area contributed by atoms with Gasteiger partial charge >= 0.3 is 0 Å². The summed E-state index contributed by atoms with van der Waals surface area (Å²) in [6, 6.07) is 43.5. The first-order valence-corrected chi connectivity index (χ1v) is 41.7. The molecule has 7 aromatic carbocycles. The highest BCUT2D eigenvalue weighted by Crippen LogP contribution is 2.67. The Morgan fingerprint density at radius 3 is 1.32 bits per heavy atom. The van der Waals surface area contributed by atoms with Gasteiger partial charge in [-0.25, -0.2) is 0 Å². The number of benzene rings is 7. The molecule has 12 atom stereocenters. The predicted molar refractivity (Wildman–Crippen MR) is 438 cm³/mol. The quantitative estimate of drug-likeness (QED) is 0.0369. The molecule has 7 aromatic rings. The lowest BCUT2D eigenvalue weighted by Crippen LogP contribution is -2.34. The minimum Gasteiger partial charge on any atom is -0.489 e. The smallest absolute Gasteiger partial charge is 0.161 e. The zero-order valence-electron chi connectivity index (χ0n) is 66.3. The van der Waals surface area contributed by atoms with Crippen LogP contribution < -0.4 is 48.5 Å². The molecule has 4 aliphatic rings. The van der Waals surface area contributed by atoms with Crippen molar-refractivity contribution in [2.75, 3.05) is 52.9 Å². The van der Waals surface area contributed by atoms with Gasteiger partial charge in [-0.3, -0.25) is 0 Å². The third kappa shape index (κ3) is 15.4. The van der Waals surface area contributed by atoms with E-state index in [1.54, 1.807) is 0 Å². The van der Waals surface area contributed by atoms with Crippen molar-refractivity contribution in [3.8, 4) is 79.4 Å². The van der Waals surface area contributed by atoms with Gasteiger partial charge in [-0.15, -0.1) is 6.58 Å². The second-order valence-electron chi connectivity index (χ2n) is 32.0. The lowest BCUT2D eigenvalue weighted by molar-refractivity contribution is 0.204. The lowest BCUT2D eigenvalue weighted by Gasteiger charge is -2.36. The molecule has 0 radical (unpaired) electrons. The van der Waals surface area contributed by atoms with Gasteiger partial charge < -0.3 is 42.5 Å². The van der Waals surface area contributed by atoms with Crippen LogP contribution in [0.1, 0.15) is 208 Å². The molecule has 560 valence electrons. The molecular formula is C95H121O9P. The fourth-order valence-electron chi connectivity index (χ4n) is 15.4. The first-order valence-electron chi connectivity index (χ1n) is 40.0. The number of rotatable bonds is 27. The lowest BCUT2D eigenvalue weighted by atomic mass is 9.70. The molecule has 0 amide bonds. The summed E-state index contributed by atoms with van der Waals surface area (Å²) in [5, 5.41) is 0.319. The Bertz CT molecular complexity index is 4310. The van der Waals surface area contributed by atoms with E-state index in [2.05, 4.69) is 233 Å². The van der Waals surface area contributed by atoms with Crippen molar-refractivity contribution in [3.05, 3.63) is 204 Å². The SMILES string of the molecule is C=CC1(C)/C=C\C=C/C(=C)C2(CC)c3cc(OCC(C)CC)c(OCC(C)CC)cc3-c3cc(OCC(C)CC)c(cc32)OCC(C)CCCC(C)COc2cc3c(cc2OCC(C)CC)-c2cc(OCC(C)CC)c(OCC(C)CC)cc2C32c3ccccc3-c3ccc(cc32)P1(=O)c1ccccc1. The van der Waals surface area contributed by atoms with Crippen LogP contribution in [-0.2, 0) is 15.4 Å². The standard InChI is InChI=1S/C95H121O9P/c1-19-62(9)54-97-85-46-75-76-47-86(98-55-63(10)20-2)90-51-81(76)94(26-8,80(75)50-89(85)101-58-66(13)23-5)70(17)37-32-33-44-93(18,25-7)105(96,71-38-28-27-29-39-71)72-42-43-74-73-40-30-31-41-79(73)95(82(74)45-72)83-52-91(102-59-67(14)24-6)87(99-56-64(11)21-3)48-77(83)78-49-88(100-57-65(12)22-4)92(53-84(78)95)104-61-69(16)36-34-35-68(15)60-103-90/h25,27-33,37-53,62-69H,7,17,19-24,26,34-36,54-61H2,1-6,8-16,18H3/b37-32-,44-33-. The average molecular weight is 1440 g/mol. The Morgan fingerprint density at radius 1 is 0.457 bits per heavy atom. The van der Waals surface area contributed by atoms with Crippen molar-refractivity contribution < 1.29 is 42.5 Å². The van der Waals surface area contributed by atoms with E-state index in [9.17, 15) is 0 Å². The fraction of sp³-hybridized carbons (Fsp3) is 0.474. The molecule has 6 bridgehead atoms. The predicted octanol–water partition coefficient (Wildman–Crippen LogP) is 24.1. The summed E-state index contributed by atoms with van der Waals surface area (Å²) in [6.45, 7) is 49.6. The van der Waals surface area contributed by atoms with E-state index >= 15 is 4.57 Å². The van der Waals surface area contributed by atoms with E-state index in [1.165, 1.54) is 0 Å². The first-order chi connectivity index (χ1) is 50.6. The van der Waals surface area contributed by atoms with Crippen molar-refractivity contribution in [2.24, 2.45) is 47.3 Å². The molecule has 0 N–H and O–H groups in total. The van der Waals surface area contributed by atoms with Gasteiger partial charge in [0.1, 0.15) is 0 Å². The van der Waals surface area contributed by atoms with E-state index in [0.717, 1.165) is 169 Å². The molecule has 1 spiro atoms. The second kappa shape index (κ2) is 33.9. The van der Waals surface area contributed by atoms with Crippen LogP contribution in [0, 0.1) is 47.3 Å². The summed E-state index contributed by atoms with van der Waals surface area (Å²) in [5.41, 5.74) is 12.1. The van der Waals surface area contributed by atoms with Crippen LogP contribution >= 0.6 is 7.14 Å². The molecule has 0 fully saturated rings. The molecule has 1 aliphatic heterocycles. The van der Waals surface area contributed by atoms with Crippen molar-refractivity contribution >= 4 is 17.8 Å². The highest BCUT2D eigenvalue weighted by molar-refractivity contribution is 7.80. The second-order valence-corrected chi connectivity index (χ2v) is 35.2. The topological polar surface area (TPSA) is 90.9 Å². The maximum Gasteiger partial charge on any atom is 0.161 e. The largest absolute Gasteiger partial charge is 0.489 e. The average Bonchev–Trinajstić information content (AvgIpc) is 1.50. The van der Waals surface area contributed by atoms with Gasteiger partial charge in [0.25, 0.3) is 0 Å². The number of hydrogen-bond acceptors (Lipinski definition) is 9. The van der Waals surface area contributed by atoms with Crippen LogP contribution in [0.3, 0.4) is 0 Å². The molecule has 0 aromatic heterocycles. The van der Waals surface area contributed by atoms with Crippen molar-refractivity contribution in [1.82, 2.24) is 0 Å². The Morgan fingerprint density at radius 2 is 0.848 bits per heavy atom. The molecule has 0 saturated heterocycles. The van der Waals surface area contributed by atoms with E-state index in [1.807, 2.05) is 36.4 Å². The van der Waals surface area contributed by atoms with Crippen LogP contribution in [0.25, 0.3) is 33.4 Å². The maximum absolute atomic E-state index is 17.9. The minimum atomic E-state index is -3.80. The zero-order valence-corrected chi connectivity index (χ0v) is 67.2. The van der Waals surface area contributed by atoms with Gasteiger partial charge in [0.2, 0.25) is 0 Å². The Hall–Kier alpha value is -7.87. The fourth-order valence-corrected chi connectivity index (χ4v) is 18.6. The summed E-state index contributed by atoms with van der Waals surface area (Å²) < 4.78 is 73.9. The summed E-state index contributed by atoms with van der Waals surface area (Å²) in [6.07, 6.45) is 19.8. The third-order valence-electron chi connectivity index (χ3n) is 23.9. The molecular weight excluding hydrogens is 1320 g/mol. The van der Waals surface area contributed by atoms with Crippen LogP contribution in [0.15, 0.2) is 170 Å². The molecule has 1 heterocycles. The third-order valence-corrected chi connectivity index (χ3v) is 27.6. The van der Waals surface area contributed by atoms with Gasteiger partial charge in [-0.05, 0) is 200 Å². The van der Waals surface area contributed by atoms with Gasteiger partial charge in [-0.2, -0.15) is 0 Å². The van der Waals surface area contributed by atoms with Crippen molar-refractivity contribution in [1.29, 1.82) is 0 Å². The molecule has 9 nitrogen and oxygen atoms in total. The minimum absolute atomic E-state index is 0.207. The monoisotopic (exact) mass is 1440 g/mol. The van der Waals surface area contributed by atoms with Gasteiger partial charge in [0.05, 0.1) is 63.4 Å². The molecule has 12 unspecified atom stereocenters. The Labute approximate surface area is 631 Å². The molecule has 11 rings (SSSR count). The summed E-state index contributed by atoms with van der Waals surface area (Å²) in [7, 11) is -3.80. The molecule has 0 saturated carbocycles. The number of ether oxygens (including phenoxy) is 8. The van der Waals surface area contributed by atoms with Crippen LogP contribution in [0.4, 0.5) is 0 Å². The summed E-state index contributed by atoms with van der Waals surface area (Å²) >= 11 is 0. The number of allylic oxidation sites excluding steroid dienone is 6. The normalized spacial score (nSPS) is 23.3. The van der Waals surface area contributed by atoms with Gasteiger partial charge in [0.15, 0.2) is 53.1 Å². The molecule has 105 heavy (non-hydrogen) atoms. The summed E-state index contributed by atoms with van der Waals surface area (Å²) in [4.78, 5) is 0. The molecule has 3 aliphatic carbocycles. The Kier molecular flexibility index (Phi) is 25.3. The summed E-state index contributed by atoms with van der Waals surface area (Å²) in [5.74, 6) is 8.16. The van der Waals surface area contributed by atoms with E-state index in [4.69, 9.17) is 44.5 Å². The van der Waals surface area contributed by atoms with E-state index in [0.29, 0.717) is 112 Å². The van der Waals surface area contributed by atoms with Gasteiger partial charge in [-0.1, -0.05) is 252 Å². The van der Waals surface area contributed by atoms with E-state index in [-0.39, 0.29) is 11.8 Å². The van der Waals surface area contributed by atoms with E-state index < -0.39 is 23.1 Å². The highest BCUT2D eigenvalue weighted by atomic mass is 31.2. The zero-order chi connectivity index (χ0) is 75.0. The number of fused-ring (bicyclic) bond motifs is 10. The van der Waals surface area contributed by atoms with Crippen LogP contribution in [0.5, 0.6) is 46.0 Å². The van der Waals surface area contributed by atoms with Crippen LogP contribution in [-0.4, -0.2) is 58.0 Å². The molecule has 10 heteroatoms. The van der Waals surface area contributed by atoms with Gasteiger partial charge in [0, 0.05) is 16.0 Å². The Balaban J connectivity index is 1.14. The first kappa shape index (κ1) is 78.2. The van der Waals surface area contributed by atoms with Crippen molar-refractivity contribution in [3.63, 3.8) is 0 Å². The van der Waals surface area contributed by atoms with Crippen LogP contribution in [0.2, 0.25) is 0 Å².